The predicted molar refractivity (Wildman–Crippen MR) is 92.3 cm³/mol. The van der Waals surface area contributed by atoms with E-state index in [1.807, 2.05) is 15.7 Å². The van der Waals surface area contributed by atoms with E-state index >= 15 is 0 Å². The number of rotatable bonds is 7. The van der Waals surface area contributed by atoms with E-state index in [4.69, 9.17) is 17.1 Å². The Morgan fingerprint density at radius 1 is 1.27 bits per heavy atom. The topological polar surface area (TPSA) is 106 Å². The molecule has 0 aromatic carbocycles. The summed E-state index contributed by atoms with van der Waals surface area (Å²) in [4.78, 5) is 9.95. The molecule has 8 nitrogen and oxygen atoms in total. The number of hydrogen-bond donors (Lipinski definition) is 3. The van der Waals surface area contributed by atoms with Gasteiger partial charge in [-0.05, 0) is 12.8 Å². The highest BCUT2D eigenvalue weighted by atomic mass is 127. The summed E-state index contributed by atoms with van der Waals surface area (Å²) >= 11 is 1.80. The first-order valence-electron chi connectivity index (χ1n) is 7.29. The van der Waals surface area contributed by atoms with Gasteiger partial charge < -0.3 is 22.5 Å². The molecule has 2 rings (SSSR count). The van der Waals surface area contributed by atoms with E-state index in [-0.39, 0.29) is 37.4 Å². The lowest BCUT2D eigenvalue weighted by molar-refractivity contribution is 0.0154. The summed E-state index contributed by atoms with van der Waals surface area (Å²) in [5.41, 5.74) is 0. The third-order valence-electron chi connectivity index (χ3n) is 3.86. The van der Waals surface area contributed by atoms with Crippen LogP contribution < -0.4 is 5.09 Å². The Morgan fingerprint density at radius 2 is 1.91 bits per heavy atom. The second kappa shape index (κ2) is 8.26. The quantitative estimate of drug-likeness (QED) is 0.241. The van der Waals surface area contributed by atoms with E-state index in [0.29, 0.717) is 6.42 Å². The molecule has 2 fully saturated rings. The molecule has 2 aliphatic rings. The molecule has 126 valence electrons. The molecule has 0 radical (unpaired) electrons. The maximum atomic E-state index is 12.2. The van der Waals surface area contributed by atoms with Crippen LogP contribution in [0.25, 0.3) is 0 Å². The zero-order chi connectivity index (χ0) is 16.3. The van der Waals surface area contributed by atoms with Gasteiger partial charge in [-0.1, -0.05) is 0 Å². The Morgan fingerprint density at radius 3 is 2.55 bits per heavy atom. The fourth-order valence-corrected chi connectivity index (χ4v) is 4.50. The maximum Gasteiger partial charge on any atom is 0.403 e. The van der Waals surface area contributed by atoms with Gasteiger partial charge in [0.15, 0.2) is 0 Å². The average Bonchev–Trinajstić information content (AvgIpc) is 2.98. The first kappa shape index (κ1) is 19.1. The van der Waals surface area contributed by atoms with Gasteiger partial charge in [0, 0.05) is 18.0 Å². The van der Waals surface area contributed by atoms with Crippen molar-refractivity contribution in [2.24, 2.45) is 0 Å². The molecule has 3 unspecified atom stereocenters. The smallest absolute Gasteiger partial charge is 0.394 e. The summed E-state index contributed by atoms with van der Waals surface area (Å²) in [7, 11) is -0.237. The van der Waals surface area contributed by atoms with Gasteiger partial charge in [-0.25, -0.2) is 9.65 Å². The van der Waals surface area contributed by atoms with Crippen LogP contribution in [0.4, 0.5) is 0 Å². The van der Waals surface area contributed by atoms with Gasteiger partial charge in [-0.3, -0.25) is 4.52 Å². The highest BCUT2D eigenvalue weighted by Crippen LogP contribution is 2.41. The number of halogens is 1. The zero-order valence-corrected chi connectivity index (χ0v) is 15.6. The Kier molecular flexibility index (Phi) is 7.19. The van der Waals surface area contributed by atoms with Crippen LogP contribution in [0.1, 0.15) is 12.8 Å². The molecule has 2 saturated heterocycles. The van der Waals surface area contributed by atoms with Crippen molar-refractivity contribution in [3.63, 3.8) is 0 Å². The largest absolute Gasteiger partial charge is 0.403 e. The summed E-state index contributed by atoms with van der Waals surface area (Å²) < 4.78 is 33.6. The lowest BCUT2D eigenvalue weighted by atomic mass is 9.95. The molecule has 0 aliphatic carbocycles. The molecule has 2 aliphatic heterocycles. The summed E-state index contributed by atoms with van der Waals surface area (Å²) in [6.07, 6.45) is 0.223. The van der Waals surface area contributed by atoms with Crippen molar-refractivity contribution in [2.45, 2.75) is 49.2 Å². The molecule has 0 amide bonds. The van der Waals surface area contributed by atoms with E-state index < -0.39 is 19.9 Å². The van der Waals surface area contributed by atoms with Crippen molar-refractivity contribution in [3.05, 3.63) is 0 Å². The van der Waals surface area contributed by atoms with E-state index in [2.05, 4.69) is 5.09 Å². The monoisotopic (exact) mass is 447 g/mol. The molecule has 7 atom stereocenters. The van der Waals surface area contributed by atoms with Crippen molar-refractivity contribution in [1.29, 1.82) is 0 Å². The minimum absolute atomic E-state index is 0.0299. The van der Waals surface area contributed by atoms with Gasteiger partial charge in [0.05, 0.1) is 19.3 Å². The van der Waals surface area contributed by atoms with Crippen LogP contribution in [0.2, 0.25) is 0 Å². The van der Waals surface area contributed by atoms with Crippen molar-refractivity contribution in [2.75, 3.05) is 13.2 Å². The average molecular weight is 447 g/mol. The van der Waals surface area contributed by atoms with Crippen LogP contribution >= 0.6 is 30.8 Å². The van der Waals surface area contributed by atoms with Crippen LogP contribution in [0, 0.1) is 0 Å². The molecule has 12 heteroatoms. The minimum atomic E-state index is -4.01. The van der Waals surface area contributed by atoms with E-state index in [0.717, 1.165) is 6.42 Å². The highest BCUT2D eigenvalue weighted by Gasteiger charge is 2.39. The fraction of sp³-hybridized carbons (Fsp3) is 1.00. The van der Waals surface area contributed by atoms with Crippen LogP contribution in [0.3, 0.4) is 0 Å². The fourth-order valence-electron chi connectivity index (χ4n) is 2.85. The molecule has 0 saturated carbocycles. The molecule has 0 aromatic rings. The van der Waals surface area contributed by atoms with Crippen LogP contribution in [-0.4, -0.2) is 75.3 Å². The first-order chi connectivity index (χ1) is 10.3. The van der Waals surface area contributed by atoms with Crippen LogP contribution in [0.5, 0.6) is 0 Å². The van der Waals surface area contributed by atoms with Gasteiger partial charge in [0.2, 0.25) is 0 Å². The summed E-state index contributed by atoms with van der Waals surface area (Å²) in [5, 5.41) is 11.8. The van der Waals surface area contributed by atoms with E-state index in [9.17, 15) is 14.6 Å². The number of aliphatic hydroxyl groups is 1. The molecular formula is C10H21B2INO7P. The summed E-state index contributed by atoms with van der Waals surface area (Å²) in [5.74, 6) is 0. The Hall–Kier alpha value is 0.810. The Bertz CT molecular complexity index is 423. The normalized spacial score (nSPS) is 41.6. The SMILES string of the molecule is B[C@H]1CC(NP(=O)(O)OC[C@H]2O[C@@H](B)CC2OI)[C@@H](CO)O1. The molecule has 22 heavy (non-hydrogen) atoms. The second-order valence-corrected chi connectivity index (χ2v) is 7.87. The Balaban J connectivity index is 1.84. The third kappa shape index (κ3) is 5.15. The molecule has 3 N–H and O–H groups in total. The van der Waals surface area contributed by atoms with Gasteiger partial charge in [0.1, 0.15) is 50.9 Å². The lowest BCUT2D eigenvalue weighted by Gasteiger charge is -2.23. The number of ether oxygens (including phenoxy) is 2. The summed E-state index contributed by atoms with van der Waals surface area (Å²) in [6, 6.07) is -0.469. The minimum Gasteiger partial charge on any atom is -0.394 e. The van der Waals surface area contributed by atoms with Crippen LogP contribution in [0.15, 0.2) is 0 Å². The van der Waals surface area contributed by atoms with Gasteiger partial charge in [-0.15, -0.1) is 0 Å². The van der Waals surface area contributed by atoms with Crippen molar-refractivity contribution >= 4 is 46.4 Å². The number of nitrogens with one attached hydrogen (secondary N) is 1. The Labute approximate surface area is 145 Å². The van der Waals surface area contributed by atoms with Crippen LogP contribution in [-0.2, 0) is 21.6 Å². The summed E-state index contributed by atoms with van der Waals surface area (Å²) in [6.45, 7) is -0.248. The van der Waals surface area contributed by atoms with E-state index in [1.165, 1.54) is 0 Å². The molecule has 2 heterocycles. The molecule has 0 spiro atoms. The maximum absolute atomic E-state index is 12.2. The van der Waals surface area contributed by atoms with Gasteiger partial charge in [-0.2, -0.15) is 0 Å². The standard InChI is InChI=1S/C10H21B2INO7P/c11-9-1-5(7(3-15)19-9)14-22(16,17)18-4-8-6(21-13)2-10(12)20-8/h5-10,15H,1-4,11-12H2,(H2,14,16,17)/t5?,6?,7-,8-,9-,10-/m1/s1. The van der Waals surface area contributed by atoms with Crippen molar-refractivity contribution in [3.8, 4) is 0 Å². The van der Waals surface area contributed by atoms with E-state index in [1.54, 1.807) is 23.0 Å². The lowest BCUT2D eigenvalue weighted by Crippen LogP contribution is -2.37. The predicted octanol–water partition coefficient (Wildman–Crippen LogP) is -1.71. The van der Waals surface area contributed by atoms with Crippen molar-refractivity contribution in [1.82, 2.24) is 5.09 Å². The van der Waals surface area contributed by atoms with Gasteiger partial charge >= 0.3 is 7.75 Å². The first-order valence-corrected chi connectivity index (χ1v) is 9.74. The highest BCUT2D eigenvalue weighted by molar-refractivity contribution is 14.1. The third-order valence-corrected chi connectivity index (χ3v) is 5.68. The second-order valence-electron chi connectivity index (χ2n) is 5.80. The molecule has 0 bridgehead atoms. The number of hydrogen-bond acceptors (Lipinski definition) is 6. The van der Waals surface area contributed by atoms with Crippen molar-refractivity contribution < 1.29 is 31.6 Å². The molecular weight excluding hydrogens is 426 g/mol. The molecule has 0 aromatic heterocycles. The zero-order valence-electron chi connectivity index (χ0n) is 12.6. The van der Waals surface area contributed by atoms with Gasteiger partial charge in [0.25, 0.3) is 0 Å². The number of aliphatic hydroxyl groups excluding tert-OH is 1.